The van der Waals surface area contributed by atoms with Crippen LogP contribution in [0.4, 0.5) is 5.82 Å². The summed E-state index contributed by atoms with van der Waals surface area (Å²) in [4.78, 5) is 17.0. The largest absolute Gasteiger partial charge is 0.493 e. The third-order valence-corrected chi connectivity index (χ3v) is 5.99. The maximum atomic E-state index is 12.7. The molecule has 0 saturated heterocycles. The van der Waals surface area contributed by atoms with Crippen LogP contribution in [0.25, 0.3) is 38.4 Å². The molecule has 0 radical (unpaired) electrons. The van der Waals surface area contributed by atoms with Crippen LogP contribution < -0.4 is 10.1 Å². The van der Waals surface area contributed by atoms with E-state index < -0.39 is 0 Å². The van der Waals surface area contributed by atoms with E-state index in [-0.39, 0.29) is 5.91 Å². The average Bonchev–Trinajstić information content (AvgIpc) is 3.26. The lowest BCUT2D eigenvalue weighted by Crippen LogP contribution is -2.10. The molecule has 2 aromatic heterocycles. The number of anilines is 1. The molecule has 5 nitrogen and oxygen atoms in total. The van der Waals surface area contributed by atoms with Gasteiger partial charge < -0.3 is 14.5 Å². The van der Waals surface area contributed by atoms with Gasteiger partial charge in [0.25, 0.3) is 0 Å². The molecule has 174 valence electrons. The zero-order valence-electron chi connectivity index (χ0n) is 20.0. The summed E-state index contributed by atoms with van der Waals surface area (Å²) in [5.74, 6) is 0.950. The molecule has 0 fully saturated rings. The van der Waals surface area contributed by atoms with Gasteiger partial charge in [-0.3, -0.25) is 4.79 Å². The van der Waals surface area contributed by atoms with Crippen molar-refractivity contribution in [1.82, 2.24) is 4.98 Å². The van der Waals surface area contributed by atoms with E-state index in [1.54, 1.807) is 18.5 Å². The van der Waals surface area contributed by atoms with E-state index in [1.165, 1.54) is 5.39 Å². The Hall–Kier alpha value is -4.38. The van der Waals surface area contributed by atoms with Crippen LogP contribution >= 0.6 is 0 Å². The molecule has 0 aliphatic rings. The molecular weight excluding hydrogens is 436 g/mol. The molecule has 1 amide bonds. The fraction of sp³-hybridized carbons (Fsp3) is 0.133. The second-order valence-corrected chi connectivity index (χ2v) is 8.49. The van der Waals surface area contributed by atoms with E-state index in [1.807, 2.05) is 57.2 Å². The third kappa shape index (κ3) is 4.53. The SMILES string of the molecule is CCOc1cc2occ(-c3cccc4ccccc34)c2cc1/C(C)=C/C(=O)Nc1cc(C)ccn1. The van der Waals surface area contributed by atoms with E-state index in [0.717, 1.165) is 44.2 Å². The maximum absolute atomic E-state index is 12.7. The molecular formula is C30H26N2O3. The van der Waals surface area contributed by atoms with Gasteiger partial charge in [0.2, 0.25) is 5.91 Å². The highest BCUT2D eigenvalue weighted by Crippen LogP contribution is 2.39. The zero-order valence-corrected chi connectivity index (χ0v) is 20.0. The summed E-state index contributed by atoms with van der Waals surface area (Å²) in [6, 6.07) is 22.2. The van der Waals surface area contributed by atoms with E-state index in [4.69, 9.17) is 9.15 Å². The average molecular weight is 463 g/mol. The first kappa shape index (κ1) is 22.4. The lowest BCUT2D eigenvalue weighted by molar-refractivity contribution is -0.111. The van der Waals surface area contributed by atoms with Gasteiger partial charge in [-0.1, -0.05) is 42.5 Å². The van der Waals surface area contributed by atoms with Crippen molar-refractivity contribution in [2.75, 3.05) is 11.9 Å². The minimum Gasteiger partial charge on any atom is -0.493 e. The predicted molar refractivity (Wildman–Crippen MR) is 142 cm³/mol. The summed E-state index contributed by atoms with van der Waals surface area (Å²) < 4.78 is 11.9. The van der Waals surface area contributed by atoms with Crippen LogP contribution in [0.15, 0.2) is 89.7 Å². The summed E-state index contributed by atoms with van der Waals surface area (Å²) in [7, 11) is 0. The van der Waals surface area contributed by atoms with E-state index in [0.29, 0.717) is 18.2 Å². The van der Waals surface area contributed by atoms with Gasteiger partial charge in [-0.2, -0.15) is 0 Å². The molecule has 0 aliphatic carbocycles. The Morgan fingerprint density at radius 3 is 2.69 bits per heavy atom. The summed E-state index contributed by atoms with van der Waals surface area (Å²) in [5.41, 5.74) is 5.49. The lowest BCUT2D eigenvalue weighted by atomic mass is 9.96. The quantitative estimate of drug-likeness (QED) is 0.267. The number of carbonyl (C=O) groups is 1. The third-order valence-electron chi connectivity index (χ3n) is 5.99. The number of benzene rings is 3. The number of amides is 1. The van der Waals surface area contributed by atoms with Crippen LogP contribution in [0.3, 0.4) is 0 Å². The topological polar surface area (TPSA) is 64.4 Å². The molecule has 5 aromatic rings. The minimum absolute atomic E-state index is 0.246. The number of nitrogens with one attached hydrogen (secondary N) is 1. The van der Waals surface area contributed by atoms with Crippen molar-refractivity contribution in [3.63, 3.8) is 0 Å². The number of pyridine rings is 1. The fourth-order valence-corrected chi connectivity index (χ4v) is 4.35. The number of hydrogen-bond acceptors (Lipinski definition) is 4. The lowest BCUT2D eigenvalue weighted by Gasteiger charge is -2.12. The van der Waals surface area contributed by atoms with E-state index >= 15 is 0 Å². The number of hydrogen-bond donors (Lipinski definition) is 1. The Kier molecular flexibility index (Phi) is 6.06. The Morgan fingerprint density at radius 1 is 1.03 bits per heavy atom. The van der Waals surface area contributed by atoms with Crippen molar-refractivity contribution in [2.45, 2.75) is 20.8 Å². The Balaban J connectivity index is 1.58. The van der Waals surface area contributed by atoms with Crippen LogP contribution in [0.1, 0.15) is 25.0 Å². The normalized spacial score (nSPS) is 11.7. The Labute approximate surface area is 204 Å². The van der Waals surface area contributed by atoms with Gasteiger partial charge in [-0.25, -0.2) is 4.98 Å². The number of nitrogens with zero attached hydrogens (tertiary/aromatic N) is 1. The molecule has 0 saturated carbocycles. The fourth-order valence-electron chi connectivity index (χ4n) is 4.35. The second kappa shape index (κ2) is 9.47. The molecule has 35 heavy (non-hydrogen) atoms. The Bertz CT molecular complexity index is 1570. The minimum atomic E-state index is -0.246. The van der Waals surface area contributed by atoms with Crippen LogP contribution in [0, 0.1) is 6.92 Å². The number of carbonyl (C=O) groups excluding carboxylic acids is 1. The van der Waals surface area contributed by atoms with Gasteiger partial charge in [0.15, 0.2) is 0 Å². The number of ether oxygens (including phenoxy) is 1. The van der Waals surface area contributed by atoms with Crippen molar-refractivity contribution in [3.8, 4) is 16.9 Å². The maximum Gasteiger partial charge on any atom is 0.249 e. The first-order valence-electron chi connectivity index (χ1n) is 11.6. The van der Waals surface area contributed by atoms with Gasteiger partial charge in [0.1, 0.15) is 17.2 Å². The molecule has 0 atom stereocenters. The van der Waals surface area contributed by atoms with Crippen LogP contribution in [0.5, 0.6) is 5.75 Å². The number of allylic oxidation sites excluding steroid dienone is 1. The van der Waals surface area contributed by atoms with Crippen molar-refractivity contribution in [1.29, 1.82) is 0 Å². The van der Waals surface area contributed by atoms with Crippen LogP contribution in [-0.4, -0.2) is 17.5 Å². The predicted octanol–water partition coefficient (Wildman–Crippen LogP) is 7.40. The summed E-state index contributed by atoms with van der Waals surface area (Å²) in [6.45, 7) is 6.31. The van der Waals surface area contributed by atoms with Gasteiger partial charge >= 0.3 is 0 Å². The molecule has 3 aromatic carbocycles. The monoisotopic (exact) mass is 462 g/mol. The Morgan fingerprint density at radius 2 is 1.86 bits per heavy atom. The van der Waals surface area contributed by atoms with Gasteiger partial charge in [-0.15, -0.1) is 0 Å². The zero-order chi connectivity index (χ0) is 24.4. The van der Waals surface area contributed by atoms with Gasteiger partial charge in [0.05, 0.1) is 12.9 Å². The number of fused-ring (bicyclic) bond motifs is 2. The van der Waals surface area contributed by atoms with Crippen molar-refractivity contribution < 1.29 is 13.9 Å². The standard InChI is InChI=1S/C30H26N2O3/c1-4-34-27-17-28-25(26(18-35-28)23-11-7-9-21-8-5-6-10-22(21)23)16-24(27)20(3)15-30(33)32-29-14-19(2)12-13-31-29/h5-18H,4H2,1-3H3,(H,31,32,33)/b20-15+. The second-order valence-electron chi connectivity index (χ2n) is 8.49. The highest BCUT2D eigenvalue weighted by molar-refractivity contribution is 6.07. The molecule has 5 heteroatoms. The molecule has 0 unspecified atom stereocenters. The number of rotatable bonds is 6. The summed E-state index contributed by atoms with van der Waals surface area (Å²) >= 11 is 0. The molecule has 5 rings (SSSR count). The van der Waals surface area contributed by atoms with Gasteiger partial charge in [0, 0.05) is 34.9 Å². The molecule has 0 spiro atoms. The van der Waals surface area contributed by atoms with Crippen molar-refractivity contribution in [2.24, 2.45) is 0 Å². The van der Waals surface area contributed by atoms with Crippen LogP contribution in [0.2, 0.25) is 0 Å². The van der Waals surface area contributed by atoms with E-state index in [2.05, 4.69) is 40.6 Å². The van der Waals surface area contributed by atoms with Crippen molar-refractivity contribution >= 4 is 39.0 Å². The number of furan rings is 1. The van der Waals surface area contributed by atoms with Gasteiger partial charge in [-0.05, 0) is 66.4 Å². The van der Waals surface area contributed by atoms with Crippen LogP contribution in [-0.2, 0) is 4.79 Å². The smallest absolute Gasteiger partial charge is 0.249 e. The number of aryl methyl sites for hydroxylation is 1. The molecule has 2 heterocycles. The molecule has 0 aliphatic heterocycles. The summed E-state index contributed by atoms with van der Waals surface area (Å²) in [5, 5.41) is 6.13. The van der Waals surface area contributed by atoms with E-state index in [9.17, 15) is 4.79 Å². The summed E-state index contributed by atoms with van der Waals surface area (Å²) in [6.07, 6.45) is 5.04. The first-order chi connectivity index (χ1) is 17.0. The molecule has 0 bridgehead atoms. The molecule has 1 N–H and O–H groups in total. The first-order valence-corrected chi connectivity index (χ1v) is 11.6. The highest BCUT2D eigenvalue weighted by atomic mass is 16.5. The highest BCUT2D eigenvalue weighted by Gasteiger charge is 2.16. The van der Waals surface area contributed by atoms with Crippen molar-refractivity contribution in [3.05, 3.63) is 96.4 Å². The number of aromatic nitrogens is 1.